The van der Waals surface area contributed by atoms with Crippen LogP contribution in [0.4, 0.5) is 5.69 Å². The largest absolute Gasteiger partial charge is 0.493 e. The molecule has 1 aromatic heterocycles. The van der Waals surface area contributed by atoms with Gasteiger partial charge in [-0.3, -0.25) is 15.1 Å². The third-order valence-electron chi connectivity index (χ3n) is 3.53. The number of rotatable bonds is 6. The van der Waals surface area contributed by atoms with Gasteiger partial charge in [0.1, 0.15) is 0 Å². The molecule has 0 saturated carbocycles. The maximum Gasteiger partial charge on any atom is 0.315 e. The molecule has 8 heteroatoms. The number of nitro benzene ring substituents is 1. The first-order chi connectivity index (χ1) is 11.5. The minimum absolute atomic E-state index is 0.0408. The Labute approximate surface area is 137 Å². The smallest absolute Gasteiger partial charge is 0.315 e. The van der Waals surface area contributed by atoms with Crippen LogP contribution in [0.2, 0.25) is 0 Å². The van der Waals surface area contributed by atoms with Crippen molar-refractivity contribution in [3.8, 4) is 17.6 Å². The van der Waals surface area contributed by atoms with Gasteiger partial charge in [-0.2, -0.15) is 5.26 Å². The SMILES string of the molecule is COc1cc(C(C#N)(C=O)c2ccccn2)cc([N+](=O)[O-])c1OC. The molecule has 1 atom stereocenters. The van der Waals surface area contributed by atoms with Gasteiger partial charge in [-0.25, -0.2) is 0 Å². The lowest BCUT2D eigenvalue weighted by Gasteiger charge is -2.21. The molecule has 0 aliphatic carbocycles. The van der Waals surface area contributed by atoms with Crippen molar-refractivity contribution >= 4 is 12.0 Å². The molecule has 1 heterocycles. The highest BCUT2D eigenvalue weighted by Crippen LogP contribution is 2.42. The van der Waals surface area contributed by atoms with Crippen LogP contribution in [-0.4, -0.2) is 30.4 Å². The number of carbonyl (C=O) groups excluding carboxylic acids is 1. The van der Waals surface area contributed by atoms with Crippen molar-refractivity contribution in [2.45, 2.75) is 5.41 Å². The number of pyridine rings is 1. The van der Waals surface area contributed by atoms with Crippen LogP contribution in [0.5, 0.6) is 11.5 Å². The minimum Gasteiger partial charge on any atom is -0.493 e. The Morgan fingerprint density at radius 2 is 2.08 bits per heavy atom. The number of nitro groups is 1. The maximum absolute atomic E-state index is 11.8. The molecule has 2 rings (SSSR count). The summed E-state index contributed by atoms with van der Waals surface area (Å²) in [5.74, 6) is -0.0517. The van der Waals surface area contributed by atoms with Crippen LogP contribution in [0.3, 0.4) is 0 Å². The van der Waals surface area contributed by atoms with Crippen LogP contribution in [-0.2, 0) is 10.2 Å². The molecule has 24 heavy (non-hydrogen) atoms. The molecule has 1 aromatic carbocycles. The fraction of sp³-hybridized carbons (Fsp3) is 0.188. The number of nitriles is 1. The second-order valence-corrected chi connectivity index (χ2v) is 4.74. The van der Waals surface area contributed by atoms with Gasteiger partial charge >= 0.3 is 5.69 Å². The topological polar surface area (TPSA) is 115 Å². The monoisotopic (exact) mass is 327 g/mol. The number of nitrogens with zero attached hydrogens (tertiary/aromatic N) is 3. The molecular formula is C16H13N3O5. The van der Waals surface area contributed by atoms with Crippen LogP contribution >= 0.6 is 0 Å². The number of hydrogen-bond acceptors (Lipinski definition) is 7. The van der Waals surface area contributed by atoms with Gasteiger partial charge in [0.25, 0.3) is 0 Å². The summed E-state index contributed by atoms with van der Waals surface area (Å²) < 4.78 is 10.1. The predicted molar refractivity (Wildman–Crippen MR) is 82.9 cm³/mol. The van der Waals surface area contributed by atoms with Gasteiger partial charge in [-0.15, -0.1) is 0 Å². The zero-order chi connectivity index (χ0) is 17.7. The van der Waals surface area contributed by atoms with E-state index < -0.39 is 16.0 Å². The molecule has 0 spiro atoms. The number of hydrogen-bond donors (Lipinski definition) is 0. The van der Waals surface area contributed by atoms with Crippen LogP contribution < -0.4 is 9.47 Å². The maximum atomic E-state index is 11.8. The summed E-state index contributed by atoms with van der Waals surface area (Å²) in [4.78, 5) is 26.5. The lowest BCUT2D eigenvalue weighted by molar-refractivity contribution is -0.385. The Balaban J connectivity index is 2.82. The minimum atomic E-state index is -1.80. The van der Waals surface area contributed by atoms with E-state index in [4.69, 9.17) is 9.47 Å². The van der Waals surface area contributed by atoms with Gasteiger partial charge in [0.05, 0.1) is 30.9 Å². The highest BCUT2D eigenvalue weighted by molar-refractivity contribution is 5.80. The molecule has 0 aliphatic rings. The first-order valence-corrected chi connectivity index (χ1v) is 6.74. The van der Waals surface area contributed by atoms with E-state index >= 15 is 0 Å². The lowest BCUT2D eigenvalue weighted by atomic mass is 9.79. The number of benzene rings is 1. The van der Waals surface area contributed by atoms with Gasteiger partial charge in [-0.05, 0) is 23.8 Å². The Kier molecular flexibility index (Phi) is 4.75. The summed E-state index contributed by atoms with van der Waals surface area (Å²) in [6.07, 6.45) is 1.83. The van der Waals surface area contributed by atoms with Crippen molar-refractivity contribution in [3.05, 3.63) is 57.9 Å². The van der Waals surface area contributed by atoms with Crippen molar-refractivity contribution in [2.75, 3.05) is 14.2 Å². The highest BCUT2D eigenvalue weighted by atomic mass is 16.6. The number of methoxy groups -OCH3 is 2. The molecular weight excluding hydrogens is 314 g/mol. The second kappa shape index (κ2) is 6.75. The lowest BCUT2D eigenvalue weighted by Crippen LogP contribution is -2.29. The van der Waals surface area contributed by atoms with E-state index in [1.165, 1.54) is 32.5 Å². The van der Waals surface area contributed by atoms with Crippen LogP contribution in [0, 0.1) is 21.4 Å². The van der Waals surface area contributed by atoms with E-state index in [9.17, 15) is 20.2 Å². The highest BCUT2D eigenvalue weighted by Gasteiger charge is 2.39. The zero-order valence-electron chi connectivity index (χ0n) is 12.9. The molecule has 122 valence electrons. The normalized spacial score (nSPS) is 12.5. The Hall–Kier alpha value is -3.47. The van der Waals surface area contributed by atoms with Gasteiger partial charge < -0.3 is 14.3 Å². The number of aldehydes is 1. The van der Waals surface area contributed by atoms with E-state index in [-0.39, 0.29) is 22.8 Å². The second-order valence-electron chi connectivity index (χ2n) is 4.74. The van der Waals surface area contributed by atoms with Gasteiger partial charge in [0, 0.05) is 12.3 Å². The molecule has 0 aliphatic heterocycles. The van der Waals surface area contributed by atoms with Crippen molar-refractivity contribution < 1.29 is 19.2 Å². The molecule has 0 radical (unpaired) electrons. The van der Waals surface area contributed by atoms with Crippen LogP contribution in [0.15, 0.2) is 36.5 Å². The summed E-state index contributed by atoms with van der Waals surface area (Å²) in [6.45, 7) is 0. The van der Waals surface area contributed by atoms with Crippen molar-refractivity contribution in [3.63, 3.8) is 0 Å². The van der Waals surface area contributed by atoms with Crippen molar-refractivity contribution in [1.29, 1.82) is 5.26 Å². The van der Waals surface area contributed by atoms with Crippen LogP contribution in [0.1, 0.15) is 11.3 Å². The standard InChI is InChI=1S/C16H13N3O5/c1-23-13-8-11(7-12(19(21)22)15(13)24-2)16(9-17,10-20)14-5-3-4-6-18-14/h3-8,10H,1-2H3. The Morgan fingerprint density at radius 3 is 2.54 bits per heavy atom. The molecule has 0 fully saturated rings. The number of carbonyl (C=O) groups is 1. The molecule has 0 amide bonds. The first-order valence-electron chi connectivity index (χ1n) is 6.74. The number of aromatic nitrogens is 1. The van der Waals surface area contributed by atoms with Crippen molar-refractivity contribution in [1.82, 2.24) is 4.98 Å². The summed E-state index contributed by atoms with van der Waals surface area (Å²) >= 11 is 0. The molecule has 0 bridgehead atoms. The first kappa shape index (κ1) is 16.9. The molecule has 2 aromatic rings. The van der Waals surface area contributed by atoms with Crippen molar-refractivity contribution in [2.24, 2.45) is 0 Å². The Bertz CT molecular complexity index is 816. The molecule has 0 N–H and O–H groups in total. The van der Waals surface area contributed by atoms with Gasteiger partial charge in [-0.1, -0.05) is 6.07 Å². The summed E-state index contributed by atoms with van der Waals surface area (Å²) in [5, 5.41) is 21.0. The van der Waals surface area contributed by atoms with Gasteiger partial charge in [0.15, 0.2) is 17.5 Å². The molecule has 0 saturated heterocycles. The average Bonchev–Trinajstić information content (AvgIpc) is 2.63. The number of ether oxygens (including phenoxy) is 2. The molecule has 1 unspecified atom stereocenters. The van der Waals surface area contributed by atoms with Gasteiger partial charge in [0.2, 0.25) is 5.75 Å². The van der Waals surface area contributed by atoms with E-state index in [1.54, 1.807) is 12.1 Å². The summed E-state index contributed by atoms with van der Waals surface area (Å²) in [6, 6.07) is 9.13. The average molecular weight is 327 g/mol. The predicted octanol–water partition coefficient (Wildman–Crippen LogP) is 2.02. The summed E-state index contributed by atoms with van der Waals surface area (Å²) in [7, 11) is 2.57. The fourth-order valence-corrected chi connectivity index (χ4v) is 2.33. The van der Waals surface area contributed by atoms with E-state index in [2.05, 4.69) is 4.98 Å². The van der Waals surface area contributed by atoms with E-state index in [0.29, 0.717) is 6.29 Å². The fourth-order valence-electron chi connectivity index (χ4n) is 2.33. The van der Waals surface area contributed by atoms with E-state index in [1.807, 2.05) is 6.07 Å². The Morgan fingerprint density at radius 1 is 1.33 bits per heavy atom. The van der Waals surface area contributed by atoms with Crippen LogP contribution in [0.25, 0.3) is 0 Å². The molecule has 8 nitrogen and oxygen atoms in total. The summed E-state index contributed by atoms with van der Waals surface area (Å²) in [5.41, 5.74) is -1.98. The van der Waals surface area contributed by atoms with E-state index in [0.717, 1.165) is 6.07 Å². The third kappa shape index (κ3) is 2.63. The zero-order valence-corrected chi connectivity index (χ0v) is 12.9. The quantitative estimate of drug-likeness (QED) is 0.452. The third-order valence-corrected chi connectivity index (χ3v) is 3.53.